The van der Waals surface area contributed by atoms with Crippen molar-refractivity contribution in [2.75, 3.05) is 20.2 Å². The number of hydrogen-bond acceptors (Lipinski definition) is 4. The van der Waals surface area contributed by atoms with Gasteiger partial charge in [0, 0.05) is 26.2 Å². The third-order valence-electron chi connectivity index (χ3n) is 5.29. The van der Waals surface area contributed by atoms with Crippen LogP contribution in [0, 0.1) is 0 Å². The van der Waals surface area contributed by atoms with Gasteiger partial charge in [-0.1, -0.05) is 30.3 Å². The number of nitrogens with zero attached hydrogens (tertiary/aromatic N) is 1. The molecule has 32 heavy (non-hydrogen) atoms. The number of benzene rings is 2. The molecule has 2 aromatic carbocycles. The summed E-state index contributed by atoms with van der Waals surface area (Å²) in [6.45, 7) is 0.391. The van der Waals surface area contributed by atoms with Gasteiger partial charge in [0.25, 0.3) is 0 Å². The molecule has 174 valence electrons. The Hall–Kier alpha value is -2.63. The second-order valence-electron chi connectivity index (χ2n) is 7.46. The summed E-state index contributed by atoms with van der Waals surface area (Å²) in [5.41, 5.74) is 0.135. The third-order valence-corrected chi connectivity index (χ3v) is 6.87. The minimum atomic E-state index is -4.90. The molecule has 2 N–H and O–H groups in total. The lowest BCUT2D eigenvalue weighted by atomic mass is 9.98. The molecule has 0 saturated carbocycles. The number of piperidine rings is 1. The average molecular weight is 472 g/mol. The van der Waals surface area contributed by atoms with Crippen molar-refractivity contribution in [2.24, 2.45) is 0 Å². The van der Waals surface area contributed by atoms with E-state index in [2.05, 4.69) is 4.72 Å². The van der Waals surface area contributed by atoms with Gasteiger partial charge in [-0.25, -0.2) is 17.9 Å². The van der Waals surface area contributed by atoms with Gasteiger partial charge in [0.2, 0.25) is 10.0 Å². The number of ether oxygens (including phenoxy) is 1. The molecular formula is C21H23F3N2O5S. The highest BCUT2D eigenvalue weighted by Crippen LogP contribution is 2.38. The fourth-order valence-electron chi connectivity index (χ4n) is 3.71. The van der Waals surface area contributed by atoms with E-state index < -0.39 is 38.8 Å². The molecule has 1 amide bonds. The van der Waals surface area contributed by atoms with E-state index in [0.717, 1.165) is 17.0 Å². The van der Waals surface area contributed by atoms with E-state index in [0.29, 0.717) is 11.1 Å². The Kier molecular flexibility index (Phi) is 7.11. The minimum Gasteiger partial charge on any atom is -0.465 e. The van der Waals surface area contributed by atoms with Crippen molar-refractivity contribution in [3.8, 4) is 11.1 Å². The van der Waals surface area contributed by atoms with Crippen molar-refractivity contribution < 1.29 is 36.2 Å². The molecule has 0 atom stereocenters. The fraction of sp³-hybridized carbons (Fsp3) is 0.381. The smallest absolute Gasteiger partial charge is 0.417 e. The van der Waals surface area contributed by atoms with E-state index in [9.17, 15) is 26.4 Å². The Labute approximate surface area is 183 Å². The zero-order valence-electron chi connectivity index (χ0n) is 17.2. The van der Waals surface area contributed by atoms with Crippen LogP contribution >= 0.6 is 0 Å². The van der Waals surface area contributed by atoms with Crippen LogP contribution in [0.25, 0.3) is 11.1 Å². The summed E-state index contributed by atoms with van der Waals surface area (Å²) in [7, 11) is -3.02. The number of sulfonamides is 1. The standard InChI is InChI=1S/C21H23F3N2O5S/c1-31-13-15-4-2-3-5-17(15)14-6-7-19(18(12-14)21(22,23)24)32(29,30)25-16-8-10-26(11-9-16)20(27)28/h2-7,12,16,25H,8-11,13H2,1H3,(H,27,28). The first-order valence-electron chi connectivity index (χ1n) is 9.81. The van der Waals surface area contributed by atoms with Crippen LogP contribution in [0.5, 0.6) is 0 Å². The molecule has 0 aliphatic carbocycles. The van der Waals surface area contributed by atoms with Crippen LogP contribution in [0.15, 0.2) is 47.4 Å². The summed E-state index contributed by atoms with van der Waals surface area (Å²) in [6.07, 6.45) is -5.66. The number of halogens is 3. The highest BCUT2D eigenvalue weighted by molar-refractivity contribution is 7.89. The average Bonchev–Trinajstić information content (AvgIpc) is 2.73. The van der Waals surface area contributed by atoms with Gasteiger partial charge >= 0.3 is 12.3 Å². The number of likely N-dealkylation sites (tertiary alicyclic amines) is 1. The second-order valence-corrected chi connectivity index (χ2v) is 9.15. The first kappa shape index (κ1) is 24.0. The number of methoxy groups -OCH3 is 1. The molecule has 1 aliphatic rings. The van der Waals surface area contributed by atoms with E-state index in [4.69, 9.17) is 9.84 Å². The van der Waals surface area contributed by atoms with Gasteiger partial charge in [-0.2, -0.15) is 13.2 Å². The van der Waals surface area contributed by atoms with E-state index in [1.165, 1.54) is 13.2 Å². The molecule has 7 nitrogen and oxygen atoms in total. The lowest BCUT2D eigenvalue weighted by Crippen LogP contribution is -2.46. The maximum Gasteiger partial charge on any atom is 0.417 e. The van der Waals surface area contributed by atoms with Crippen LogP contribution in [0.3, 0.4) is 0 Å². The molecule has 0 aromatic heterocycles. The molecule has 1 saturated heterocycles. The molecule has 2 aromatic rings. The van der Waals surface area contributed by atoms with Crippen molar-refractivity contribution in [3.63, 3.8) is 0 Å². The predicted octanol–water partition coefficient (Wildman–Crippen LogP) is 3.94. The zero-order chi connectivity index (χ0) is 23.5. The molecule has 1 fully saturated rings. The van der Waals surface area contributed by atoms with Gasteiger partial charge in [-0.3, -0.25) is 0 Å². The molecule has 0 bridgehead atoms. The first-order valence-corrected chi connectivity index (χ1v) is 11.3. The third kappa shape index (κ3) is 5.40. The molecule has 1 aliphatic heterocycles. The predicted molar refractivity (Wildman–Crippen MR) is 111 cm³/mol. The van der Waals surface area contributed by atoms with Crippen LogP contribution in [0.1, 0.15) is 24.0 Å². The Morgan fingerprint density at radius 3 is 2.44 bits per heavy atom. The van der Waals surface area contributed by atoms with E-state index in [1.807, 2.05) is 0 Å². The quantitative estimate of drug-likeness (QED) is 0.664. The summed E-state index contributed by atoms with van der Waals surface area (Å²) < 4.78 is 74.6. The van der Waals surface area contributed by atoms with Crippen LogP contribution in [-0.4, -0.2) is 50.8 Å². The minimum absolute atomic E-state index is 0.101. The van der Waals surface area contributed by atoms with Crippen molar-refractivity contribution in [1.82, 2.24) is 9.62 Å². The number of amides is 1. The van der Waals surface area contributed by atoms with Gasteiger partial charge in [0.05, 0.1) is 17.1 Å². The summed E-state index contributed by atoms with van der Waals surface area (Å²) >= 11 is 0. The Morgan fingerprint density at radius 2 is 1.84 bits per heavy atom. The highest BCUT2D eigenvalue weighted by atomic mass is 32.2. The van der Waals surface area contributed by atoms with Crippen LogP contribution in [-0.2, 0) is 27.5 Å². The van der Waals surface area contributed by atoms with Gasteiger partial charge in [0.15, 0.2) is 0 Å². The molecule has 0 spiro atoms. The van der Waals surface area contributed by atoms with Crippen molar-refractivity contribution in [2.45, 2.75) is 36.6 Å². The van der Waals surface area contributed by atoms with Gasteiger partial charge < -0.3 is 14.7 Å². The number of nitrogens with one attached hydrogen (secondary N) is 1. The van der Waals surface area contributed by atoms with E-state index >= 15 is 0 Å². The molecule has 0 unspecified atom stereocenters. The molecule has 0 radical (unpaired) electrons. The van der Waals surface area contributed by atoms with Gasteiger partial charge in [0.1, 0.15) is 0 Å². The second kappa shape index (κ2) is 9.47. The summed E-state index contributed by atoms with van der Waals surface area (Å²) in [4.78, 5) is 11.3. The Morgan fingerprint density at radius 1 is 1.19 bits per heavy atom. The Bertz CT molecular complexity index is 1080. The number of carbonyl (C=O) groups is 1. The van der Waals surface area contributed by atoms with Crippen LogP contribution in [0.2, 0.25) is 0 Å². The number of hydrogen-bond donors (Lipinski definition) is 2. The van der Waals surface area contributed by atoms with Gasteiger partial charge in [-0.15, -0.1) is 0 Å². The summed E-state index contributed by atoms with van der Waals surface area (Å²) in [5, 5.41) is 8.99. The highest BCUT2D eigenvalue weighted by Gasteiger charge is 2.38. The Balaban J connectivity index is 1.94. The number of alkyl halides is 3. The number of carboxylic acid groups (broad SMARTS) is 1. The summed E-state index contributed by atoms with van der Waals surface area (Å²) in [5.74, 6) is 0. The summed E-state index contributed by atoms with van der Waals surface area (Å²) in [6, 6.07) is 9.25. The zero-order valence-corrected chi connectivity index (χ0v) is 18.0. The molecular weight excluding hydrogens is 449 g/mol. The fourth-order valence-corrected chi connectivity index (χ4v) is 5.22. The van der Waals surface area contributed by atoms with E-state index in [1.54, 1.807) is 24.3 Å². The molecule has 3 rings (SSSR count). The largest absolute Gasteiger partial charge is 0.465 e. The number of rotatable bonds is 6. The maximum absolute atomic E-state index is 13.9. The SMILES string of the molecule is COCc1ccccc1-c1ccc(S(=O)(=O)NC2CCN(C(=O)O)CC2)c(C(F)(F)F)c1. The normalized spacial score (nSPS) is 15.7. The lowest BCUT2D eigenvalue weighted by Gasteiger charge is -2.30. The van der Waals surface area contributed by atoms with Crippen LogP contribution in [0.4, 0.5) is 18.0 Å². The molecule has 1 heterocycles. The van der Waals surface area contributed by atoms with Crippen molar-refractivity contribution >= 4 is 16.1 Å². The van der Waals surface area contributed by atoms with Crippen molar-refractivity contribution in [1.29, 1.82) is 0 Å². The van der Waals surface area contributed by atoms with Crippen molar-refractivity contribution in [3.05, 3.63) is 53.6 Å². The topological polar surface area (TPSA) is 95.9 Å². The maximum atomic E-state index is 13.9. The van der Waals surface area contributed by atoms with Crippen LogP contribution < -0.4 is 4.72 Å². The first-order chi connectivity index (χ1) is 15.0. The lowest BCUT2D eigenvalue weighted by molar-refractivity contribution is -0.139. The molecule has 11 heteroatoms. The van der Waals surface area contributed by atoms with E-state index in [-0.39, 0.29) is 38.1 Å². The van der Waals surface area contributed by atoms with Gasteiger partial charge in [-0.05, 0) is 41.7 Å². The monoisotopic (exact) mass is 472 g/mol.